The lowest BCUT2D eigenvalue weighted by Crippen LogP contribution is -2.20. The summed E-state index contributed by atoms with van der Waals surface area (Å²) in [6, 6.07) is 5.26. The Bertz CT molecular complexity index is 964. The molecule has 6 nitrogen and oxygen atoms in total. The van der Waals surface area contributed by atoms with Crippen LogP contribution in [0.4, 0.5) is 10.7 Å². The molecule has 2 heterocycles. The Morgan fingerprint density at radius 2 is 2.00 bits per heavy atom. The molecule has 7 heteroatoms. The van der Waals surface area contributed by atoms with Crippen molar-refractivity contribution in [1.82, 2.24) is 0 Å². The monoisotopic (exact) mass is 398 g/mol. The van der Waals surface area contributed by atoms with Crippen LogP contribution in [0.1, 0.15) is 62.9 Å². The summed E-state index contributed by atoms with van der Waals surface area (Å²) in [5, 5.41) is 6.32. The van der Waals surface area contributed by atoms with E-state index in [2.05, 4.69) is 10.6 Å². The van der Waals surface area contributed by atoms with Crippen molar-refractivity contribution in [2.45, 2.75) is 45.4 Å². The van der Waals surface area contributed by atoms with E-state index in [0.717, 1.165) is 47.4 Å². The number of ether oxygens (including phenoxy) is 1. The van der Waals surface area contributed by atoms with Crippen molar-refractivity contribution in [3.05, 3.63) is 45.3 Å². The van der Waals surface area contributed by atoms with Crippen LogP contribution in [0.3, 0.4) is 0 Å². The normalized spacial score (nSPS) is 15.2. The first-order valence-corrected chi connectivity index (χ1v) is 10.4. The summed E-state index contributed by atoms with van der Waals surface area (Å²) in [7, 11) is 0. The molecule has 0 saturated heterocycles. The molecule has 1 aliphatic carbocycles. The third-order valence-corrected chi connectivity index (χ3v) is 6.35. The fraction of sp³-hybridized carbons (Fsp3) is 0.381. The van der Waals surface area contributed by atoms with Crippen LogP contribution in [-0.4, -0.2) is 24.4 Å². The summed E-state index contributed by atoms with van der Waals surface area (Å²) in [6.45, 7) is 2.08. The van der Waals surface area contributed by atoms with E-state index in [9.17, 15) is 14.4 Å². The number of benzene rings is 1. The average Bonchev–Trinajstić information content (AvgIpc) is 3.05. The lowest BCUT2D eigenvalue weighted by Gasteiger charge is -2.17. The molecule has 0 fully saturated rings. The fourth-order valence-corrected chi connectivity index (χ4v) is 5.05. The minimum atomic E-state index is -0.370. The van der Waals surface area contributed by atoms with Gasteiger partial charge >= 0.3 is 5.97 Å². The highest BCUT2D eigenvalue weighted by atomic mass is 32.1. The Labute approximate surface area is 167 Å². The molecule has 2 amide bonds. The fourth-order valence-electron chi connectivity index (χ4n) is 3.77. The largest absolute Gasteiger partial charge is 0.462 e. The number of fused-ring (bicyclic) bond motifs is 2. The van der Waals surface area contributed by atoms with Crippen LogP contribution in [0, 0.1) is 0 Å². The number of anilines is 2. The van der Waals surface area contributed by atoms with E-state index in [1.807, 2.05) is 6.07 Å². The second-order valence-electron chi connectivity index (χ2n) is 7.01. The standard InChI is InChI=1S/C21H22N2O4S/c1-2-27-21(26)18-14-5-3-4-6-16(14)28-20(18)23-19(25)13-7-9-15-12(11-13)8-10-17(24)22-15/h7,9,11H,2-6,8,10H2,1H3,(H,22,24)(H,23,25). The van der Waals surface area contributed by atoms with Crippen LogP contribution in [0.25, 0.3) is 0 Å². The molecule has 4 rings (SSSR count). The number of rotatable bonds is 4. The Morgan fingerprint density at radius 3 is 2.82 bits per heavy atom. The van der Waals surface area contributed by atoms with Gasteiger partial charge in [-0.25, -0.2) is 4.79 Å². The molecule has 0 atom stereocenters. The minimum absolute atomic E-state index is 0.00653. The first-order valence-electron chi connectivity index (χ1n) is 9.62. The summed E-state index contributed by atoms with van der Waals surface area (Å²) < 4.78 is 5.24. The maximum Gasteiger partial charge on any atom is 0.341 e. The van der Waals surface area contributed by atoms with Crippen molar-refractivity contribution in [3.63, 3.8) is 0 Å². The summed E-state index contributed by atoms with van der Waals surface area (Å²) in [5.41, 5.74) is 3.75. The van der Waals surface area contributed by atoms with E-state index in [1.165, 1.54) is 11.3 Å². The first kappa shape index (κ1) is 18.7. The number of hydrogen-bond donors (Lipinski definition) is 2. The number of thiophene rings is 1. The van der Waals surface area contributed by atoms with Gasteiger partial charge in [0.1, 0.15) is 5.00 Å². The zero-order chi connectivity index (χ0) is 19.7. The van der Waals surface area contributed by atoms with Crippen LogP contribution in [0.2, 0.25) is 0 Å². The van der Waals surface area contributed by atoms with Crippen LogP contribution in [-0.2, 0) is 28.8 Å². The van der Waals surface area contributed by atoms with Gasteiger partial charge in [-0.05, 0) is 68.4 Å². The van der Waals surface area contributed by atoms with Gasteiger partial charge < -0.3 is 15.4 Å². The number of carbonyl (C=O) groups excluding carboxylic acids is 3. The Balaban J connectivity index is 1.62. The molecule has 2 aromatic rings. The highest BCUT2D eigenvalue weighted by Gasteiger charge is 2.27. The van der Waals surface area contributed by atoms with Crippen LogP contribution >= 0.6 is 11.3 Å². The lowest BCUT2D eigenvalue weighted by atomic mass is 9.95. The van der Waals surface area contributed by atoms with Crippen LogP contribution in [0.15, 0.2) is 18.2 Å². The quantitative estimate of drug-likeness (QED) is 0.764. The van der Waals surface area contributed by atoms with Gasteiger partial charge in [0, 0.05) is 22.5 Å². The zero-order valence-electron chi connectivity index (χ0n) is 15.7. The second kappa shape index (κ2) is 7.75. The maximum atomic E-state index is 12.9. The molecule has 0 bridgehead atoms. The molecule has 1 aromatic heterocycles. The first-order chi connectivity index (χ1) is 13.6. The highest BCUT2D eigenvalue weighted by molar-refractivity contribution is 7.17. The molecule has 0 unspecified atom stereocenters. The van der Waals surface area contributed by atoms with E-state index >= 15 is 0 Å². The molecular weight excluding hydrogens is 376 g/mol. The molecule has 28 heavy (non-hydrogen) atoms. The van der Waals surface area contributed by atoms with Crippen molar-refractivity contribution in [3.8, 4) is 0 Å². The van der Waals surface area contributed by atoms with Crippen molar-refractivity contribution in [2.75, 3.05) is 17.2 Å². The average molecular weight is 398 g/mol. The van der Waals surface area contributed by atoms with Gasteiger partial charge in [-0.1, -0.05) is 0 Å². The molecule has 2 aliphatic rings. The van der Waals surface area contributed by atoms with E-state index in [1.54, 1.807) is 19.1 Å². The number of esters is 1. The Hall–Kier alpha value is -2.67. The predicted octanol–water partition coefficient (Wildman–Crippen LogP) is 3.94. The molecule has 1 aliphatic heterocycles. The van der Waals surface area contributed by atoms with Crippen molar-refractivity contribution < 1.29 is 19.1 Å². The zero-order valence-corrected chi connectivity index (χ0v) is 16.5. The van der Waals surface area contributed by atoms with Gasteiger partial charge in [-0.15, -0.1) is 11.3 Å². The molecule has 146 valence electrons. The summed E-state index contributed by atoms with van der Waals surface area (Å²) in [4.78, 5) is 38.1. The lowest BCUT2D eigenvalue weighted by molar-refractivity contribution is -0.116. The molecule has 1 aromatic carbocycles. The van der Waals surface area contributed by atoms with E-state index in [-0.39, 0.29) is 17.8 Å². The number of amides is 2. The third kappa shape index (κ3) is 3.54. The van der Waals surface area contributed by atoms with Crippen LogP contribution < -0.4 is 10.6 Å². The molecule has 2 N–H and O–H groups in total. The van der Waals surface area contributed by atoms with Crippen molar-refractivity contribution in [1.29, 1.82) is 0 Å². The molecule has 0 spiro atoms. The van der Waals surface area contributed by atoms with Gasteiger partial charge in [-0.3, -0.25) is 9.59 Å². The van der Waals surface area contributed by atoms with E-state index < -0.39 is 0 Å². The highest BCUT2D eigenvalue weighted by Crippen LogP contribution is 2.39. The van der Waals surface area contributed by atoms with Crippen molar-refractivity contribution in [2.24, 2.45) is 0 Å². The van der Waals surface area contributed by atoms with Gasteiger partial charge in [0.25, 0.3) is 5.91 Å². The number of carbonyl (C=O) groups is 3. The van der Waals surface area contributed by atoms with Gasteiger partial charge in [0.2, 0.25) is 5.91 Å². The molecule has 0 saturated carbocycles. The van der Waals surface area contributed by atoms with Gasteiger partial charge in [0.05, 0.1) is 12.2 Å². The van der Waals surface area contributed by atoms with Gasteiger partial charge in [0.15, 0.2) is 0 Å². The molecular formula is C21H22N2O4S. The topological polar surface area (TPSA) is 84.5 Å². The predicted molar refractivity (Wildman–Crippen MR) is 108 cm³/mol. The number of hydrogen-bond acceptors (Lipinski definition) is 5. The molecule has 0 radical (unpaired) electrons. The number of nitrogens with one attached hydrogen (secondary N) is 2. The Morgan fingerprint density at radius 1 is 1.18 bits per heavy atom. The Kier molecular flexibility index (Phi) is 5.17. The van der Waals surface area contributed by atoms with Gasteiger partial charge in [-0.2, -0.15) is 0 Å². The van der Waals surface area contributed by atoms with E-state index in [0.29, 0.717) is 35.6 Å². The van der Waals surface area contributed by atoms with E-state index in [4.69, 9.17) is 4.74 Å². The van der Waals surface area contributed by atoms with Crippen molar-refractivity contribution >= 4 is 39.8 Å². The maximum absolute atomic E-state index is 12.9. The van der Waals surface area contributed by atoms with Crippen LogP contribution in [0.5, 0.6) is 0 Å². The smallest absolute Gasteiger partial charge is 0.341 e. The summed E-state index contributed by atoms with van der Waals surface area (Å²) >= 11 is 1.48. The summed E-state index contributed by atoms with van der Waals surface area (Å²) in [5.74, 6) is -0.637. The minimum Gasteiger partial charge on any atom is -0.462 e. The second-order valence-corrected chi connectivity index (χ2v) is 8.11. The SMILES string of the molecule is CCOC(=O)c1c(NC(=O)c2ccc3c(c2)CCC(=O)N3)sc2c1CCCC2. The third-order valence-electron chi connectivity index (χ3n) is 5.14. The number of aryl methyl sites for hydroxylation is 2. The summed E-state index contributed by atoms with van der Waals surface area (Å²) in [6.07, 6.45) is 4.95.